The first-order valence-corrected chi connectivity index (χ1v) is 2.82. The first-order chi connectivity index (χ1) is 2.56. The Bertz CT molecular complexity index is 72.9. The van der Waals surface area contributed by atoms with Gasteiger partial charge in [0, 0.05) is 0 Å². The molecule has 0 aromatic carbocycles. The number of nitrogens with two attached hydrogens (primary N) is 1. The number of hydrogen-bond acceptors (Lipinski definition) is 2. The minimum atomic E-state index is -3.84. The summed E-state index contributed by atoms with van der Waals surface area (Å²) in [5, 5.41) is 8.51. The van der Waals surface area contributed by atoms with Gasteiger partial charge in [0.1, 0.15) is 0 Å². The van der Waals surface area contributed by atoms with E-state index in [1.165, 1.54) is 0 Å². The first kappa shape index (κ1) is 6.07. The van der Waals surface area contributed by atoms with Crippen molar-refractivity contribution >= 4 is 7.67 Å². The second-order valence-corrected chi connectivity index (χ2v) is 2.17. The van der Waals surface area contributed by atoms with Gasteiger partial charge < -0.3 is 10.1 Å². The SMILES string of the molecule is NP(=O)(O)NO. The smallest absolute Gasteiger partial charge is 0.321 e. The summed E-state index contributed by atoms with van der Waals surface area (Å²) in [5.41, 5.74) is 4.28. The van der Waals surface area contributed by atoms with Crippen molar-refractivity contribution in [2.24, 2.45) is 5.50 Å². The van der Waals surface area contributed by atoms with Gasteiger partial charge in [-0.2, -0.15) is 0 Å². The summed E-state index contributed by atoms with van der Waals surface area (Å²) in [6.07, 6.45) is 0. The summed E-state index contributed by atoms with van der Waals surface area (Å²) in [4.78, 5) is 7.80. The van der Waals surface area contributed by atoms with Crippen molar-refractivity contribution in [3.05, 3.63) is 0 Å². The monoisotopic (exact) mass is 112 g/mol. The largest absolute Gasteiger partial charge is 0.358 e. The summed E-state index contributed by atoms with van der Waals surface area (Å²) in [6, 6.07) is 0. The minimum Gasteiger partial charge on any atom is -0.321 e. The van der Waals surface area contributed by atoms with Crippen LogP contribution in [0, 0.1) is 0 Å². The maximum absolute atomic E-state index is 9.56. The highest BCUT2D eigenvalue weighted by Crippen LogP contribution is 2.19. The quantitative estimate of drug-likeness (QED) is 0.258. The Kier molecular flexibility index (Phi) is 1.70. The Morgan fingerprint density at radius 3 is 2.00 bits per heavy atom. The van der Waals surface area contributed by atoms with Crippen LogP contribution in [0.2, 0.25) is 0 Å². The summed E-state index contributed by atoms with van der Waals surface area (Å²) in [6.45, 7) is 0. The van der Waals surface area contributed by atoms with Gasteiger partial charge in [-0.25, -0.2) is 5.50 Å². The summed E-state index contributed by atoms with van der Waals surface area (Å²) in [5.74, 6) is 0. The van der Waals surface area contributed by atoms with E-state index in [2.05, 4.69) is 5.50 Å². The Balaban J connectivity index is 3.48. The molecule has 6 heteroatoms. The molecule has 0 amide bonds. The predicted molar refractivity (Wildman–Crippen MR) is 18.9 cm³/mol. The fourth-order valence-corrected chi connectivity index (χ4v) is 0. The zero-order chi connectivity index (χ0) is 5.21. The van der Waals surface area contributed by atoms with Crippen molar-refractivity contribution in [1.82, 2.24) is 5.25 Å². The molecule has 0 aliphatic carbocycles. The van der Waals surface area contributed by atoms with Crippen LogP contribution in [-0.4, -0.2) is 10.1 Å². The summed E-state index contributed by atoms with van der Waals surface area (Å²) in [7, 11) is -3.84. The molecule has 0 aliphatic heterocycles. The molecule has 6 heavy (non-hydrogen) atoms. The Hall–Kier alpha value is 0.0700. The fraction of sp³-hybridized carbons (Fsp3) is 0. The lowest BCUT2D eigenvalue weighted by molar-refractivity contribution is 0.222. The second-order valence-electron chi connectivity index (χ2n) is 0.723. The summed E-state index contributed by atoms with van der Waals surface area (Å²) < 4.78 is 9.56. The van der Waals surface area contributed by atoms with E-state index in [0.29, 0.717) is 0 Å². The molecular formula is H5N2O3P. The lowest BCUT2D eigenvalue weighted by Gasteiger charge is -1.95. The molecule has 0 aromatic heterocycles. The van der Waals surface area contributed by atoms with Gasteiger partial charge >= 0.3 is 7.67 Å². The molecule has 0 bridgehead atoms. The highest BCUT2D eigenvalue weighted by molar-refractivity contribution is 7.52. The lowest BCUT2D eigenvalue weighted by Crippen LogP contribution is -2.09. The van der Waals surface area contributed by atoms with E-state index >= 15 is 0 Å². The molecule has 1 unspecified atom stereocenters. The third-order valence-electron chi connectivity index (χ3n) is 0.143. The lowest BCUT2D eigenvalue weighted by atomic mass is 13.5. The number of hydrogen-bond donors (Lipinski definition) is 4. The topological polar surface area (TPSA) is 95.6 Å². The van der Waals surface area contributed by atoms with E-state index in [1.807, 2.05) is 0 Å². The van der Waals surface area contributed by atoms with Gasteiger partial charge in [0.25, 0.3) is 0 Å². The van der Waals surface area contributed by atoms with Crippen LogP contribution in [0.1, 0.15) is 0 Å². The van der Waals surface area contributed by atoms with Crippen LogP contribution in [0.3, 0.4) is 0 Å². The molecule has 5 N–H and O–H groups in total. The van der Waals surface area contributed by atoms with Crippen LogP contribution in [-0.2, 0) is 4.57 Å². The average Bonchev–Trinajstić information content (AvgIpc) is 1.35. The van der Waals surface area contributed by atoms with Gasteiger partial charge in [0.15, 0.2) is 0 Å². The predicted octanol–water partition coefficient (Wildman–Crippen LogP) is -0.976. The average molecular weight is 112 g/mol. The molecule has 0 aliphatic rings. The maximum Gasteiger partial charge on any atom is 0.358 e. The Morgan fingerprint density at radius 1 is 1.83 bits per heavy atom. The van der Waals surface area contributed by atoms with E-state index in [0.717, 1.165) is 5.25 Å². The van der Waals surface area contributed by atoms with Crippen LogP contribution in [0.25, 0.3) is 0 Å². The molecular weight excluding hydrogens is 107 g/mol. The molecule has 1 atom stereocenters. The van der Waals surface area contributed by atoms with E-state index in [1.54, 1.807) is 0 Å². The van der Waals surface area contributed by atoms with Crippen molar-refractivity contribution in [3.63, 3.8) is 0 Å². The maximum atomic E-state index is 9.56. The van der Waals surface area contributed by atoms with Crippen molar-refractivity contribution in [1.29, 1.82) is 0 Å². The zero-order valence-electron chi connectivity index (χ0n) is 2.83. The highest BCUT2D eigenvalue weighted by Gasteiger charge is 2.03. The number of rotatable bonds is 1. The normalized spacial score (nSPS) is 19.8. The molecule has 0 rings (SSSR count). The van der Waals surface area contributed by atoms with Crippen LogP contribution in [0.5, 0.6) is 0 Å². The van der Waals surface area contributed by atoms with E-state index < -0.39 is 7.67 Å². The Morgan fingerprint density at radius 2 is 2.00 bits per heavy atom. The first-order valence-electron chi connectivity index (χ1n) is 1.09. The van der Waals surface area contributed by atoms with Crippen molar-refractivity contribution in [3.8, 4) is 0 Å². The van der Waals surface area contributed by atoms with Gasteiger partial charge in [0.05, 0.1) is 0 Å². The van der Waals surface area contributed by atoms with Gasteiger partial charge in [0.2, 0.25) is 0 Å². The van der Waals surface area contributed by atoms with Crippen molar-refractivity contribution in [2.45, 2.75) is 0 Å². The molecule has 0 saturated carbocycles. The van der Waals surface area contributed by atoms with Crippen LogP contribution in [0.15, 0.2) is 0 Å². The third-order valence-corrected chi connectivity index (χ3v) is 0.430. The van der Waals surface area contributed by atoms with Crippen molar-refractivity contribution in [2.75, 3.05) is 0 Å². The molecule has 5 nitrogen and oxygen atoms in total. The van der Waals surface area contributed by atoms with Crippen LogP contribution < -0.4 is 10.8 Å². The zero-order valence-corrected chi connectivity index (χ0v) is 3.72. The standard InChI is InChI=1S/H5N2O3P/c1-6(4,5)2-3/h3H,(H4,1,2,4,5). The molecule has 38 valence electrons. The minimum absolute atomic E-state index is 0.993. The van der Waals surface area contributed by atoms with Crippen molar-refractivity contribution < 1.29 is 14.7 Å². The molecule has 0 radical (unpaired) electrons. The van der Waals surface area contributed by atoms with E-state index in [-0.39, 0.29) is 0 Å². The number of nitrogens with one attached hydrogen (secondary N) is 1. The summed E-state index contributed by atoms with van der Waals surface area (Å²) >= 11 is 0. The third kappa shape index (κ3) is 4.07. The van der Waals surface area contributed by atoms with E-state index in [4.69, 9.17) is 10.1 Å². The molecule has 0 fully saturated rings. The fourth-order valence-electron chi connectivity index (χ4n) is 0. The van der Waals surface area contributed by atoms with Gasteiger partial charge in [-0.15, -0.1) is 5.25 Å². The highest BCUT2D eigenvalue weighted by atomic mass is 31.2. The molecule has 0 heterocycles. The van der Waals surface area contributed by atoms with Gasteiger partial charge in [-0.3, -0.25) is 4.57 Å². The van der Waals surface area contributed by atoms with Gasteiger partial charge in [-0.1, -0.05) is 0 Å². The second kappa shape index (κ2) is 1.68. The molecule has 0 spiro atoms. The van der Waals surface area contributed by atoms with Gasteiger partial charge in [-0.05, 0) is 0 Å². The van der Waals surface area contributed by atoms with Crippen LogP contribution >= 0.6 is 7.67 Å². The molecule has 0 aromatic rings. The van der Waals surface area contributed by atoms with Crippen LogP contribution in [0.4, 0.5) is 0 Å². The Labute approximate surface area is 34.3 Å². The van der Waals surface area contributed by atoms with E-state index in [9.17, 15) is 4.57 Å². The molecule has 0 saturated heterocycles.